The molecule has 0 saturated carbocycles. The number of ether oxygens (including phenoxy) is 1. The molecule has 37 heavy (non-hydrogen) atoms. The van der Waals surface area contributed by atoms with E-state index in [0.29, 0.717) is 41.0 Å². The number of aromatic amines is 1. The number of nitrogens with zero attached hydrogens (tertiary/aromatic N) is 3. The molecule has 0 aliphatic rings. The zero-order chi connectivity index (χ0) is 26.6. The molecule has 0 aliphatic heterocycles. The number of halogens is 2. The number of pyridine rings is 1. The molecule has 1 aromatic carbocycles. The normalized spacial score (nSPS) is 11.7. The molecule has 0 bridgehead atoms. The molecule has 9 nitrogen and oxygen atoms in total. The van der Waals surface area contributed by atoms with Gasteiger partial charge in [-0.3, -0.25) is 9.52 Å². The molecule has 4 aromatic rings. The number of hydrogen-bond donors (Lipinski definition) is 2. The van der Waals surface area contributed by atoms with E-state index in [4.69, 9.17) is 4.74 Å². The second kappa shape index (κ2) is 11.1. The quantitative estimate of drug-likeness (QED) is 0.220. The zero-order valence-electron chi connectivity index (χ0n) is 20.2. The van der Waals surface area contributed by atoms with Gasteiger partial charge in [0, 0.05) is 67.0 Å². The molecule has 194 valence electrons. The summed E-state index contributed by atoms with van der Waals surface area (Å²) in [6.45, 7) is 2.23. The highest BCUT2D eigenvalue weighted by atomic mass is 32.2. The van der Waals surface area contributed by atoms with Gasteiger partial charge >= 0.3 is 0 Å². The van der Waals surface area contributed by atoms with Gasteiger partial charge in [-0.2, -0.15) is 0 Å². The molecular weight excluding hydrogens is 504 g/mol. The van der Waals surface area contributed by atoms with Crippen LogP contribution in [0.25, 0.3) is 22.2 Å². The molecule has 2 N–H and O–H groups in total. The number of carbonyl (C=O) groups is 1. The van der Waals surface area contributed by atoms with Crippen LogP contribution in [0.1, 0.15) is 41.5 Å². The number of ketones is 1. The van der Waals surface area contributed by atoms with Gasteiger partial charge in [0.1, 0.15) is 23.0 Å². The molecule has 0 saturated heterocycles. The number of benzene rings is 1. The maximum atomic E-state index is 15.2. The Labute approximate surface area is 212 Å². The van der Waals surface area contributed by atoms with Crippen LogP contribution in [-0.4, -0.2) is 53.6 Å². The van der Waals surface area contributed by atoms with E-state index < -0.39 is 38.7 Å². The number of hydrogen-bond acceptors (Lipinski definition) is 7. The maximum Gasteiger partial charge on any atom is 0.232 e. The van der Waals surface area contributed by atoms with Crippen LogP contribution in [0.4, 0.5) is 14.5 Å². The van der Waals surface area contributed by atoms with Gasteiger partial charge in [-0.15, -0.1) is 0 Å². The van der Waals surface area contributed by atoms with Crippen LogP contribution >= 0.6 is 0 Å². The minimum absolute atomic E-state index is 0.0920. The van der Waals surface area contributed by atoms with E-state index in [1.165, 1.54) is 6.20 Å². The highest BCUT2D eigenvalue weighted by Crippen LogP contribution is 2.29. The molecule has 12 heteroatoms. The fraction of sp³-hybridized carbons (Fsp3) is 0.280. The molecule has 0 spiro atoms. The molecule has 0 unspecified atom stereocenters. The van der Waals surface area contributed by atoms with Crippen molar-refractivity contribution in [3.63, 3.8) is 0 Å². The third-order valence-corrected chi connectivity index (χ3v) is 7.09. The Morgan fingerprint density at radius 2 is 1.81 bits per heavy atom. The van der Waals surface area contributed by atoms with Crippen LogP contribution in [0.5, 0.6) is 0 Å². The van der Waals surface area contributed by atoms with Crippen LogP contribution in [0, 0.1) is 11.6 Å². The van der Waals surface area contributed by atoms with Crippen molar-refractivity contribution in [2.24, 2.45) is 0 Å². The summed E-state index contributed by atoms with van der Waals surface area (Å²) in [4.78, 5) is 29.2. The van der Waals surface area contributed by atoms with Gasteiger partial charge in [0.2, 0.25) is 10.0 Å². The van der Waals surface area contributed by atoms with Gasteiger partial charge in [-0.05, 0) is 31.0 Å². The van der Waals surface area contributed by atoms with E-state index in [-0.39, 0.29) is 17.7 Å². The number of fused-ring (bicyclic) bond motifs is 1. The van der Waals surface area contributed by atoms with Crippen molar-refractivity contribution in [2.75, 3.05) is 24.2 Å². The molecule has 3 heterocycles. The van der Waals surface area contributed by atoms with Gasteiger partial charge in [0.25, 0.3) is 0 Å². The van der Waals surface area contributed by atoms with E-state index in [1.54, 1.807) is 38.7 Å². The Kier molecular flexibility index (Phi) is 7.89. The standard InChI is InChI=1S/C25H25F2N5O4S/c1-3-9-37(34,35)32-23-20(26)7-6-17(22(23)27)24(33)19-14-31-25-18(19)10-15(11-30-25)16-12-28-21(29-13-16)5-4-8-36-2/h6-7,10-14,32H,3-5,8-9H2,1-2H3,(H,30,31). The van der Waals surface area contributed by atoms with Gasteiger partial charge in [-0.1, -0.05) is 6.92 Å². The highest BCUT2D eigenvalue weighted by molar-refractivity contribution is 7.92. The van der Waals surface area contributed by atoms with Gasteiger partial charge in [0.05, 0.1) is 11.3 Å². The van der Waals surface area contributed by atoms with Gasteiger partial charge in [-0.25, -0.2) is 32.2 Å². The monoisotopic (exact) mass is 529 g/mol. The van der Waals surface area contributed by atoms with E-state index in [2.05, 4.69) is 19.9 Å². The summed E-state index contributed by atoms with van der Waals surface area (Å²) < 4.78 is 60.6. The summed E-state index contributed by atoms with van der Waals surface area (Å²) in [6.07, 6.45) is 7.99. The van der Waals surface area contributed by atoms with E-state index in [1.807, 2.05) is 4.72 Å². The first-order valence-corrected chi connectivity index (χ1v) is 13.2. The average molecular weight is 530 g/mol. The van der Waals surface area contributed by atoms with Crippen molar-refractivity contribution in [3.05, 3.63) is 71.6 Å². The predicted octanol–water partition coefficient (Wildman–Crippen LogP) is 4.26. The number of carbonyl (C=O) groups excluding carboxylic acids is 1. The molecule has 3 aromatic heterocycles. The number of aromatic nitrogens is 4. The summed E-state index contributed by atoms with van der Waals surface area (Å²) in [6, 6.07) is 3.53. The number of methoxy groups -OCH3 is 1. The summed E-state index contributed by atoms with van der Waals surface area (Å²) in [7, 11) is -2.35. The Morgan fingerprint density at radius 1 is 1.08 bits per heavy atom. The second-order valence-corrected chi connectivity index (χ2v) is 10.2. The number of aryl methyl sites for hydroxylation is 1. The minimum atomic E-state index is -3.98. The molecule has 4 rings (SSSR count). The van der Waals surface area contributed by atoms with Crippen LogP contribution in [0.15, 0.2) is 43.0 Å². The molecule has 0 amide bonds. The number of sulfonamides is 1. The van der Waals surface area contributed by atoms with Crippen molar-refractivity contribution in [1.29, 1.82) is 0 Å². The second-order valence-electron chi connectivity index (χ2n) is 8.34. The lowest BCUT2D eigenvalue weighted by atomic mass is 10.0. The first kappa shape index (κ1) is 26.3. The van der Waals surface area contributed by atoms with Crippen molar-refractivity contribution in [1.82, 2.24) is 19.9 Å². The first-order valence-electron chi connectivity index (χ1n) is 11.5. The number of rotatable bonds is 11. The SMILES string of the molecule is CCCS(=O)(=O)Nc1c(F)ccc(C(=O)c2c[nH]c3ncc(-c4cnc(CCCOC)nc4)cc23)c1F. The van der Waals surface area contributed by atoms with Gasteiger partial charge in [0.15, 0.2) is 11.6 Å². The van der Waals surface area contributed by atoms with Crippen LogP contribution in [0.3, 0.4) is 0 Å². The predicted molar refractivity (Wildman–Crippen MR) is 135 cm³/mol. The lowest BCUT2D eigenvalue weighted by molar-refractivity contribution is 0.103. The van der Waals surface area contributed by atoms with Crippen molar-refractivity contribution in [2.45, 2.75) is 26.2 Å². The summed E-state index contributed by atoms with van der Waals surface area (Å²) in [5.41, 5.74) is 0.415. The Hall–Kier alpha value is -3.77. The fourth-order valence-corrected chi connectivity index (χ4v) is 4.94. The zero-order valence-corrected chi connectivity index (χ0v) is 21.0. The third kappa shape index (κ3) is 5.81. The van der Waals surface area contributed by atoms with E-state index >= 15 is 4.39 Å². The third-order valence-electron chi connectivity index (χ3n) is 5.63. The van der Waals surface area contributed by atoms with E-state index in [0.717, 1.165) is 18.6 Å². The van der Waals surface area contributed by atoms with Crippen molar-refractivity contribution in [3.8, 4) is 11.1 Å². The molecule has 0 atom stereocenters. The van der Waals surface area contributed by atoms with Crippen molar-refractivity contribution >= 4 is 32.5 Å². The molecule has 0 aliphatic carbocycles. The molecule has 0 radical (unpaired) electrons. The fourth-order valence-electron chi connectivity index (χ4n) is 3.80. The number of anilines is 1. The smallest absolute Gasteiger partial charge is 0.232 e. The van der Waals surface area contributed by atoms with Crippen LogP contribution in [-0.2, 0) is 21.2 Å². The largest absolute Gasteiger partial charge is 0.385 e. The minimum Gasteiger partial charge on any atom is -0.385 e. The lowest BCUT2D eigenvalue weighted by Crippen LogP contribution is -2.19. The van der Waals surface area contributed by atoms with Crippen LogP contribution < -0.4 is 4.72 Å². The van der Waals surface area contributed by atoms with E-state index in [9.17, 15) is 17.6 Å². The Bertz CT molecular complexity index is 1540. The number of nitrogens with one attached hydrogen (secondary N) is 2. The maximum absolute atomic E-state index is 15.2. The highest BCUT2D eigenvalue weighted by Gasteiger charge is 2.25. The summed E-state index contributed by atoms with van der Waals surface area (Å²) in [5.74, 6) is -2.82. The Balaban J connectivity index is 1.66. The first-order chi connectivity index (χ1) is 17.7. The number of H-pyrrole nitrogens is 1. The van der Waals surface area contributed by atoms with Crippen molar-refractivity contribution < 1.29 is 26.7 Å². The lowest BCUT2D eigenvalue weighted by Gasteiger charge is -2.11. The summed E-state index contributed by atoms with van der Waals surface area (Å²) in [5, 5.41) is 0.406. The Morgan fingerprint density at radius 3 is 2.51 bits per heavy atom. The molecule has 0 fully saturated rings. The van der Waals surface area contributed by atoms with Gasteiger partial charge < -0.3 is 9.72 Å². The van der Waals surface area contributed by atoms with Crippen LogP contribution in [0.2, 0.25) is 0 Å². The average Bonchev–Trinajstić information content (AvgIpc) is 3.30. The summed E-state index contributed by atoms with van der Waals surface area (Å²) >= 11 is 0. The molecular formula is C25H25F2N5O4S. The topological polar surface area (TPSA) is 127 Å².